The topological polar surface area (TPSA) is 106 Å². The number of nitrogens with zero attached hydrogens (tertiary/aromatic N) is 1. The van der Waals surface area contributed by atoms with Crippen molar-refractivity contribution in [3.8, 4) is 11.8 Å². The van der Waals surface area contributed by atoms with Crippen molar-refractivity contribution in [1.29, 1.82) is 0 Å². The summed E-state index contributed by atoms with van der Waals surface area (Å²) in [5.41, 5.74) is 3.73. The van der Waals surface area contributed by atoms with Crippen LogP contribution in [0.25, 0.3) is 0 Å². The molecule has 2 atom stereocenters. The van der Waals surface area contributed by atoms with Gasteiger partial charge in [-0.15, -0.1) is 0 Å². The summed E-state index contributed by atoms with van der Waals surface area (Å²) in [6, 6.07) is 8.35. The van der Waals surface area contributed by atoms with Crippen LogP contribution in [0.5, 0.6) is 0 Å². The van der Waals surface area contributed by atoms with Gasteiger partial charge in [-0.1, -0.05) is 29.5 Å². The molecule has 1 heterocycles. The van der Waals surface area contributed by atoms with Crippen molar-refractivity contribution in [2.24, 2.45) is 5.73 Å². The van der Waals surface area contributed by atoms with E-state index in [0.29, 0.717) is 29.8 Å². The lowest BCUT2D eigenvalue weighted by Crippen LogP contribution is -2.54. The number of carboxylic acid groups (broad SMARTS) is 1. The number of halogens is 1. The van der Waals surface area contributed by atoms with Crippen molar-refractivity contribution in [3.05, 3.63) is 58.9 Å². The lowest BCUT2D eigenvalue weighted by atomic mass is 9.72. The molecule has 1 aromatic heterocycles. The Bertz CT molecular complexity index is 958. The second kappa shape index (κ2) is 7.10. The number of benzene rings is 1. The molecule has 140 valence electrons. The van der Waals surface area contributed by atoms with E-state index in [0.717, 1.165) is 0 Å². The summed E-state index contributed by atoms with van der Waals surface area (Å²) >= 11 is 5.95. The third-order valence-electron chi connectivity index (χ3n) is 4.92. The van der Waals surface area contributed by atoms with Gasteiger partial charge in [0.15, 0.2) is 0 Å². The molecule has 0 unspecified atom stereocenters. The third kappa shape index (κ3) is 3.85. The number of aromatic carboxylic acids is 1. The number of carboxylic acids is 1. The van der Waals surface area contributed by atoms with Crippen LogP contribution in [-0.4, -0.2) is 32.3 Å². The van der Waals surface area contributed by atoms with Gasteiger partial charge in [0.2, 0.25) is 5.91 Å². The summed E-state index contributed by atoms with van der Waals surface area (Å²) in [6.07, 6.45) is 4.16. The molecule has 1 saturated carbocycles. The summed E-state index contributed by atoms with van der Waals surface area (Å²) in [7, 11) is 0. The van der Waals surface area contributed by atoms with Crippen LogP contribution in [0.2, 0.25) is 5.02 Å². The van der Waals surface area contributed by atoms with E-state index in [1.165, 1.54) is 23.0 Å². The largest absolute Gasteiger partial charge is 0.478 e. The van der Waals surface area contributed by atoms with Gasteiger partial charge in [0.25, 0.3) is 0 Å². The van der Waals surface area contributed by atoms with Crippen molar-refractivity contribution in [2.75, 3.05) is 0 Å². The number of rotatable bonds is 3. The molecular weight excluding hydrogens is 368 g/mol. The summed E-state index contributed by atoms with van der Waals surface area (Å²) in [6.45, 7) is 0. The smallest absolute Gasteiger partial charge is 0.337 e. The standard InChI is InChI=1S/C20H19ClN2O4/c21-16-4-1-3-14(11-16)5-9-19(27)7-2-8-20(13-19,18(22)26)23-10-6-15(12-23)17(24)25/h1,3-4,6,10-12,27H,2,7-8,13H2,(H2,22,26)(H,24,25)/t19-,20+/m1/s1. The van der Waals surface area contributed by atoms with Gasteiger partial charge >= 0.3 is 5.97 Å². The van der Waals surface area contributed by atoms with Crippen LogP contribution in [0.4, 0.5) is 0 Å². The molecule has 0 aliphatic heterocycles. The highest BCUT2D eigenvalue weighted by molar-refractivity contribution is 6.30. The normalized spacial score (nSPS) is 24.7. The Morgan fingerprint density at radius 1 is 1.26 bits per heavy atom. The molecule has 27 heavy (non-hydrogen) atoms. The monoisotopic (exact) mass is 386 g/mol. The Morgan fingerprint density at radius 3 is 2.67 bits per heavy atom. The van der Waals surface area contributed by atoms with Crippen LogP contribution in [0.15, 0.2) is 42.7 Å². The van der Waals surface area contributed by atoms with Gasteiger partial charge in [-0.3, -0.25) is 4.79 Å². The average molecular weight is 387 g/mol. The maximum absolute atomic E-state index is 12.3. The average Bonchev–Trinajstić information content (AvgIpc) is 3.11. The lowest BCUT2D eigenvalue weighted by Gasteiger charge is -2.42. The summed E-state index contributed by atoms with van der Waals surface area (Å²) in [5, 5.41) is 20.7. The maximum Gasteiger partial charge on any atom is 0.337 e. The van der Waals surface area contributed by atoms with E-state index >= 15 is 0 Å². The van der Waals surface area contributed by atoms with Crippen LogP contribution in [-0.2, 0) is 10.3 Å². The molecule has 3 rings (SSSR count). The van der Waals surface area contributed by atoms with Crippen molar-refractivity contribution in [1.82, 2.24) is 4.57 Å². The maximum atomic E-state index is 12.3. The molecule has 0 saturated heterocycles. The molecule has 0 spiro atoms. The quantitative estimate of drug-likeness (QED) is 0.704. The fraction of sp³-hybridized carbons (Fsp3) is 0.300. The predicted molar refractivity (Wildman–Crippen MR) is 100 cm³/mol. The predicted octanol–water partition coefficient (Wildman–Crippen LogP) is 2.38. The number of hydrogen-bond acceptors (Lipinski definition) is 3. The minimum Gasteiger partial charge on any atom is -0.478 e. The number of carbonyl (C=O) groups is 2. The summed E-state index contributed by atoms with van der Waals surface area (Å²) in [4.78, 5) is 23.5. The van der Waals surface area contributed by atoms with E-state index in [1.54, 1.807) is 24.3 Å². The Hall–Kier alpha value is -2.75. The molecule has 1 aromatic carbocycles. The Balaban J connectivity index is 1.96. The minimum atomic E-state index is -1.43. The first kappa shape index (κ1) is 19.0. The van der Waals surface area contributed by atoms with Crippen LogP contribution < -0.4 is 5.73 Å². The number of primary amides is 1. The molecule has 1 aliphatic rings. The van der Waals surface area contributed by atoms with Crippen LogP contribution in [0, 0.1) is 11.8 Å². The molecule has 7 heteroatoms. The first-order chi connectivity index (χ1) is 12.7. The Morgan fingerprint density at radius 2 is 2.04 bits per heavy atom. The van der Waals surface area contributed by atoms with Gasteiger partial charge in [0, 0.05) is 29.4 Å². The van der Waals surface area contributed by atoms with Crippen molar-refractivity contribution in [2.45, 2.75) is 36.8 Å². The van der Waals surface area contributed by atoms with E-state index in [2.05, 4.69) is 11.8 Å². The van der Waals surface area contributed by atoms with Crippen LogP contribution >= 0.6 is 11.6 Å². The van der Waals surface area contributed by atoms with Gasteiger partial charge in [-0.05, 0) is 43.5 Å². The second-order valence-electron chi connectivity index (χ2n) is 6.83. The molecule has 0 bridgehead atoms. The first-order valence-electron chi connectivity index (χ1n) is 8.47. The third-order valence-corrected chi connectivity index (χ3v) is 5.16. The summed E-state index contributed by atoms with van der Waals surface area (Å²) in [5.74, 6) is 4.04. The molecule has 4 N–H and O–H groups in total. The molecule has 2 aromatic rings. The number of amides is 1. The van der Waals surface area contributed by atoms with E-state index in [9.17, 15) is 14.7 Å². The van der Waals surface area contributed by atoms with Gasteiger partial charge in [0.05, 0.1) is 5.56 Å². The van der Waals surface area contributed by atoms with Crippen molar-refractivity contribution in [3.63, 3.8) is 0 Å². The van der Waals surface area contributed by atoms with Gasteiger partial charge in [-0.2, -0.15) is 0 Å². The SMILES string of the molecule is NC(=O)[C@]1(n2ccc(C(=O)O)c2)CCC[C@@](O)(C#Cc2cccc(Cl)c2)C1. The number of nitrogens with two attached hydrogens (primary N) is 1. The van der Waals surface area contributed by atoms with Crippen molar-refractivity contribution < 1.29 is 19.8 Å². The zero-order valence-corrected chi connectivity index (χ0v) is 15.2. The number of hydrogen-bond donors (Lipinski definition) is 3. The molecule has 1 amide bonds. The number of aromatic nitrogens is 1. The van der Waals surface area contributed by atoms with E-state index in [1.807, 2.05) is 0 Å². The highest BCUT2D eigenvalue weighted by atomic mass is 35.5. The zero-order chi connectivity index (χ0) is 19.7. The number of aliphatic hydroxyl groups is 1. The highest BCUT2D eigenvalue weighted by Gasteiger charge is 2.48. The first-order valence-corrected chi connectivity index (χ1v) is 8.85. The highest BCUT2D eigenvalue weighted by Crippen LogP contribution is 2.40. The fourth-order valence-corrected chi connectivity index (χ4v) is 3.73. The minimum absolute atomic E-state index is 0.0172. The molecular formula is C20H19ClN2O4. The van der Waals surface area contributed by atoms with Crippen molar-refractivity contribution >= 4 is 23.5 Å². The second-order valence-corrected chi connectivity index (χ2v) is 7.27. The lowest BCUT2D eigenvalue weighted by molar-refractivity contribution is -0.132. The van der Waals surface area contributed by atoms with E-state index < -0.39 is 23.0 Å². The van der Waals surface area contributed by atoms with Crippen LogP contribution in [0.3, 0.4) is 0 Å². The molecule has 1 aliphatic carbocycles. The summed E-state index contributed by atoms with van der Waals surface area (Å²) < 4.78 is 1.49. The van der Waals surface area contributed by atoms with Gasteiger partial charge in [0.1, 0.15) is 11.1 Å². The van der Waals surface area contributed by atoms with Gasteiger partial charge < -0.3 is 20.5 Å². The molecule has 1 fully saturated rings. The Kier molecular flexibility index (Phi) is 5.01. The van der Waals surface area contributed by atoms with Crippen LogP contribution in [0.1, 0.15) is 41.6 Å². The molecule has 6 nitrogen and oxygen atoms in total. The fourth-order valence-electron chi connectivity index (χ4n) is 3.54. The van der Waals surface area contributed by atoms with E-state index in [4.69, 9.17) is 22.4 Å². The van der Waals surface area contributed by atoms with E-state index in [-0.39, 0.29) is 12.0 Å². The zero-order valence-electron chi connectivity index (χ0n) is 14.5. The number of carbonyl (C=O) groups excluding carboxylic acids is 1. The Labute approximate surface area is 161 Å². The van der Waals surface area contributed by atoms with Gasteiger partial charge in [-0.25, -0.2) is 4.79 Å². The molecule has 0 radical (unpaired) electrons.